The third-order valence-electron chi connectivity index (χ3n) is 15.5. The van der Waals surface area contributed by atoms with Gasteiger partial charge in [0, 0.05) is 0 Å². The standard InChI is InChI=1S/2C13H9.2C9H7.2C5H5.6CH3.3Zr/c2*1-3-7-12-10(5-1)9-11-6-2-4-8-13(11)12;2*1-2-5-9-7-3-6-8(9)4-1;2*1-2-4-5-3-1;;;;;;;;;/h2*1-9H;2*1-7H;2*1-3H,4H2;6*1H3;;;. The van der Waals surface area contributed by atoms with E-state index in [0.717, 1.165) is 0 Å². The minimum atomic E-state index is -2.80. The summed E-state index contributed by atoms with van der Waals surface area (Å²) >= 11 is -7.19. The number of allylic oxidation sites excluding steroid dienone is 10. The molecule has 2 unspecified atom stereocenters. The molecule has 0 fully saturated rings. The van der Waals surface area contributed by atoms with Crippen molar-refractivity contribution in [2.24, 2.45) is 0 Å². The second-order valence-corrected chi connectivity index (χ2v) is 55.0. The van der Waals surface area contributed by atoms with E-state index in [0.29, 0.717) is 14.5 Å². The molecule has 6 aromatic carbocycles. The molecule has 63 heavy (non-hydrogen) atoms. The topological polar surface area (TPSA) is 0 Å². The first kappa shape index (κ1) is 43.3. The molecule has 0 bridgehead atoms. The van der Waals surface area contributed by atoms with Gasteiger partial charge in [-0.2, -0.15) is 0 Å². The van der Waals surface area contributed by atoms with Crippen LogP contribution < -0.4 is 0 Å². The van der Waals surface area contributed by atoms with Crippen LogP contribution in [-0.2, 0) is 60.8 Å². The van der Waals surface area contributed by atoms with Gasteiger partial charge in [-0.15, -0.1) is 0 Å². The minimum absolute atomic E-state index is 0.584. The average Bonchev–Trinajstić information content (AvgIpc) is 4.17. The van der Waals surface area contributed by atoms with Crippen LogP contribution in [0, 0.1) is 0 Å². The first-order valence-electron chi connectivity index (χ1n) is 23.2. The van der Waals surface area contributed by atoms with Crippen LogP contribution in [0.25, 0.3) is 34.4 Å². The molecule has 6 aromatic rings. The summed E-state index contributed by atoms with van der Waals surface area (Å²) in [7, 11) is 0. The Morgan fingerprint density at radius 1 is 0.365 bits per heavy atom. The third-order valence-corrected chi connectivity index (χ3v) is 46.0. The Labute approximate surface area is 391 Å². The van der Waals surface area contributed by atoms with E-state index in [-0.39, 0.29) is 0 Å². The zero-order chi connectivity index (χ0) is 43.3. The molecule has 0 aromatic heterocycles. The predicted octanol–water partition coefficient (Wildman–Crippen LogP) is 17.5. The van der Waals surface area contributed by atoms with Gasteiger partial charge in [0.15, 0.2) is 0 Å². The fraction of sp³-hybridized carbons (Fsp3) is 0.200. The summed E-state index contributed by atoms with van der Waals surface area (Å²) < 4.78 is 21.7. The summed E-state index contributed by atoms with van der Waals surface area (Å²) in [6.45, 7) is 0. The maximum atomic E-state index is 2.68. The Bertz CT molecular complexity index is 2630. The van der Waals surface area contributed by atoms with Crippen LogP contribution in [-0.4, -0.2) is 0 Å². The molecule has 3 heteroatoms. The monoisotopic (exact) mass is 1050 g/mol. The molecule has 0 nitrogen and oxygen atoms in total. The molecule has 12 rings (SSSR count). The Balaban J connectivity index is 0.000000121. The van der Waals surface area contributed by atoms with E-state index in [4.69, 9.17) is 0 Å². The van der Waals surface area contributed by atoms with Gasteiger partial charge in [0.25, 0.3) is 0 Å². The van der Waals surface area contributed by atoms with Gasteiger partial charge in [0.1, 0.15) is 0 Å². The molecular weight excluding hydrogens is 994 g/mol. The van der Waals surface area contributed by atoms with Crippen molar-refractivity contribution in [1.29, 1.82) is 0 Å². The van der Waals surface area contributed by atoms with Gasteiger partial charge in [-0.05, 0) is 0 Å². The van der Waals surface area contributed by atoms with Crippen LogP contribution in [0.1, 0.15) is 71.9 Å². The fourth-order valence-corrected chi connectivity index (χ4v) is 39.0. The van der Waals surface area contributed by atoms with Gasteiger partial charge in [0.2, 0.25) is 0 Å². The van der Waals surface area contributed by atoms with Crippen molar-refractivity contribution < 1.29 is 60.8 Å². The van der Waals surface area contributed by atoms with Gasteiger partial charge in [-0.1, -0.05) is 0 Å². The molecule has 2 atom stereocenters. The second-order valence-electron chi connectivity index (χ2n) is 20.1. The SMILES string of the molecule is [CH3][Zr]([CH3])([CH]1C=Cc2ccccc21)[CH]1C=Cc2ccccc21.[CH3][Zr]([CH3])([CH]1c2ccccc2-c2ccccc21)[CH]1c2ccccc2-c2ccccc21.[CH3][Zr]([CH3])([C]1=CC=CC1)[C]1=CC=CC1. The van der Waals surface area contributed by atoms with Gasteiger partial charge in [0.05, 0.1) is 0 Å². The van der Waals surface area contributed by atoms with Crippen LogP contribution in [0.5, 0.6) is 0 Å². The van der Waals surface area contributed by atoms with Crippen molar-refractivity contribution in [2.45, 2.75) is 55.1 Å². The average molecular weight is 1050 g/mol. The summed E-state index contributed by atoms with van der Waals surface area (Å²) in [6.07, 6.45) is 25.8. The first-order valence-corrected chi connectivity index (χ1v) is 46.1. The molecule has 6 aliphatic carbocycles. The number of hydrogen-bond donors (Lipinski definition) is 0. The molecule has 0 heterocycles. The van der Waals surface area contributed by atoms with E-state index in [2.05, 4.69) is 234 Å². The van der Waals surface area contributed by atoms with E-state index in [9.17, 15) is 0 Å². The molecule has 0 radical (unpaired) electrons. The number of fused-ring (bicyclic) bond motifs is 8. The Morgan fingerprint density at radius 2 is 0.683 bits per heavy atom. The Hall–Kier alpha value is -3.59. The van der Waals surface area contributed by atoms with Crippen molar-refractivity contribution in [1.82, 2.24) is 0 Å². The molecule has 0 saturated carbocycles. The molecule has 6 aliphatic rings. The third kappa shape index (κ3) is 7.80. The van der Waals surface area contributed by atoms with E-state index in [1.807, 2.05) is 0 Å². The summed E-state index contributed by atoms with van der Waals surface area (Å²) in [5.41, 5.74) is 18.1. The van der Waals surface area contributed by atoms with Crippen molar-refractivity contribution >= 4 is 12.2 Å². The molecule has 0 amide bonds. The van der Waals surface area contributed by atoms with E-state index >= 15 is 0 Å². The fourth-order valence-electron chi connectivity index (χ4n) is 12.1. The Morgan fingerprint density at radius 3 is 1.02 bits per heavy atom. The van der Waals surface area contributed by atoms with Gasteiger partial charge in [-0.25, -0.2) is 0 Å². The van der Waals surface area contributed by atoms with Gasteiger partial charge in [-0.3, -0.25) is 0 Å². The maximum absolute atomic E-state index is 2.80. The molecule has 0 N–H and O–H groups in total. The molecular formula is C60H60Zr3. The number of benzene rings is 6. The Kier molecular flexibility index (Phi) is 12.1. The summed E-state index contributed by atoms with van der Waals surface area (Å²) in [4.78, 5) is 0. The zero-order valence-corrected chi connectivity index (χ0v) is 45.2. The normalized spacial score (nSPS) is 18.6. The summed E-state index contributed by atoms with van der Waals surface area (Å²) in [5.74, 6) is 0. The van der Waals surface area contributed by atoms with Crippen LogP contribution in [0.15, 0.2) is 201 Å². The van der Waals surface area contributed by atoms with Crippen LogP contribution >= 0.6 is 0 Å². The van der Waals surface area contributed by atoms with Crippen molar-refractivity contribution in [3.8, 4) is 22.3 Å². The van der Waals surface area contributed by atoms with Crippen molar-refractivity contribution in [2.75, 3.05) is 0 Å². The summed E-state index contributed by atoms with van der Waals surface area (Å²) in [6, 6.07) is 54.5. The zero-order valence-electron chi connectivity index (χ0n) is 37.9. The van der Waals surface area contributed by atoms with Crippen molar-refractivity contribution in [3.63, 3.8) is 0 Å². The molecule has 0 saturated heterocycles. The summed E-state index contributed by atoms with van der Waals surface area (Å²) in [5, 5.41) is 0. The van der Waals surface area contributed by atoms with E-state index in [1.54, 1.807) is 39.9 Å². The quantitative estimate of drug-likeness (QED) is 0.156. The molecule has 0 spiro atoms. The molecule has 312 valence electrons. The van der Waals surface area contributed by atoms with Crippen LogP contribution in [0.3, 0.4) is 0 Å². The van der Waals surface area contributed by atoms with Gasteiger partial charge < -0.3 is 0 Å². The molecule has 0 aliphatic heterocycles. The van der Waals surface area contributed by atoms with E-state index < -0.39 is 60.8 Å². The second kappa shape index (κ2) is 17.7. The van der Waals surface area contributed by atoms with Crippen LogP contribution in [0.2, 0.25) is 27.8 Å². The number of hydrogen-bond acceptors (Lipinski definition) is 0. The first-order chi connectivity index (χ1) is 30.6. The van der Waals surface area contributed by atoms with E-state index in [1.165, 1.54) is 46.2 Å². The van der Waals surface area contributed by atoms with Crippen molar-refractivity contribution in [3.05, 3.63) is 245 Å². The van der Waals surface area contributed by atoms with Crippen LogP contribution in [0.4, 0.5) is 0 Å². The van der Waals surface area contributed by atoms with Gasteiger partial charge >= 0.3 is 396 Å². The number of rotatable bonds is 6. The predicted molar refractivity (Wildman–Crippen MR) is 263 cm³/mol.